The number of carbonyl (C=O) groups is 2. The third-order valence-corrected chi connectivity index (χ3v) is 5.21. The van der Waals surface area contributed by atoms with E-state index in [0.29, 0.717) is 24.7 Å². The second-order valence-corrected chi connectivity index (χ2v) is 6.37. The average Bonchev–Trinajstić information content (AvgIpc) is 2.92. The van der Waals surface area contributed by atoms with Gasteiger partial charge in [0.15, 0.2) is 0 Å². The van der Waals surface area contributed by atoms with Crippen molar-refractivity contribution in [2.75, 3.05) is 6.54 Å². The van der Waals surface area contributed by atoms with Crippen LogP contribution >= 0.6 is 0 Å². The van der Waals surface area contributed by atoms with Gasteiger partial charge >= 0.3 is 0 Å². The lowest BCUT2D eigenvalue weighted by Crippen LogP contribution is -2.49. The molecule has 5 nitrogen and oxygen atoms in total. The molecule has 0 radical (unpaired) electrons. The predicted molar refractivity (Wildman–Crippen MR) is 72.5 cm³/mol. The largest absolute Gasteiger partial charge is 0.339 e. The summed E-state index contributed by atoms with van der Waals surface area (Å²) in [5.74, 6) is 1.24. The van der Waals surface area contributed by atoms with Crippen LogP contribution in [0.5, 0.6) is 0 Å². The molecule has 3 rings (SSSR count). The van der Waals surface area contributed by atoms with E-state index in [1.165, 1.54) is 6.42 Å². The van der Waals surface area contributed by atoms with Crippen molar-refractivity contribution < 1.29 is 9.59 Å². The van der Waals surface area contributed by atoms with Crippen molar-refractivity contribution in [3.05, 3.63) is 0 Å². The van der Waals surface area contributed by atoms with Crippen molar-refractivity contribution in [2.45, 2.75) is 50.6 Å². The van der Waals surface area contributed by atoms with Crippen LogP contribution in [0.2, 0.25) is 0 Å². The van der Waals surface area contributed by atoms with E-state index in [4.69, 9.17) is 0 Å². The topological polar surface area (TPSA) is 82.0 Å². The molecule has 2 aliphatic carbocycles. The highest BCUT2D eigenvalue weighted by atomic mass is 16.2. The molecule has 108 valence electrons. The molecule has 3 aliphatic rings. The Kier molecular flexibility index (Phi) is 3.75. The molecule has 1 amide bonds. The van der Waals surface area contributed by atoms with Gasteiger partial charge < -0.3 is 10.6 Å². The van der Waals surface area contributed by atoms with Crippen LogP contribution in [-0.2, 0) is 9.59 Å². The Morgan fingerprint density at radius 3 is 2.85 bits per heavy atom. The zero-order valence-electron chi connectivity index (χ0n) is 11.6. The van der Waals surface area contributed by atoms with Crippen LogP contribution in [0.25, 0.3) is 0 Å². The number of ketones is 1. The molecule has 1 saturated heterocycles. The lowest BCUT2D eigenvalue weighted by atomic mass is 9.73. The van der Waals surface area contributed by atoms with Crippen LogP contribution in [0.4, 0.5) is 0 Å². The minimum Gasteiger partial charge on any atom is -0.339 e. The first-order valence-corrected chi connectivity index (χ1v) is 7.65. The molecule has 5 atom stereocenters. The number of nitriles is 1. The fourth-order valence-corrected chi connectivity index (χ4v) is 3.83. The third-order valence-electron chi connectivity index (χ3n) is 5.21. The van der Waals surface area contributed by atoms with E-state index in [-0.39, 0.29) is 23.7 Å². The molecular formula is C15H21N3O2. The van der Waals surface area contributed by atoms with Crippen LogP contribution in [0.1, 0.15) is 38.5 Å². The second-order valence-electron chi connectivity index (χ2n) is 6.37. The van der Waals surface area contributed by atoms with Crippen LogP contribution in [0.3, 0.4) is 0 Å². The van der Waals surface area contributed by atoms with Gasteiger partial charge in [0.2, 0.25) is 5.91 Å². The maximum atomic E-state index is 12.3. The minimum absolute atomic E-state index is 0.0343. The van der Waals surface area contributed by atoms with Crippen LogP contribution < -0.4 is 10.6 Å². The predicted octanol–water partition coefficient (Wildman–Crippen LogP) is 0.752. The number of nitrogens with one attached hydrogen (secondary N) is 2. The first-order chi connectivity index (χ1) is 9.69. The highest BCUT2D eigenvalue weighted by Gasteiger charge is 2.45. The maximum absolute atomic E-state index is 12.3. The molecule has 5 heteroatoms. The van der Waals surface area contributed by atoms with E-state index in [1.54, 1.807) is 0 Å². The highest BCUT2D eigenvalue weighted by molar-refractivity contribution is 5.84. The summed E-state index contributed by atoms with van der Waals surface area (Å²) in [5, 5.41) is 15.3. The molecule has 0 aromatic carbocycles. The maximum Gasteiger partial charge on any atom is 0.238 e. The average molecular weight is 275 g/mol. The van der Waals surface area contributed by atoms with Crippen LogP contribution in [-0.4, -0.2) is 30.3 Å². The Morgan fingerprint density at radius 2 is 2.30 bits per heavy atom. The Morgan fingerprint density at radius 1 is 1.45 bits per heavy atom. The normalized spacial score (nSPS) is 36.9. The Hall–Kier alpha value is -1.41. The zero-order chi connectivity index (χ0) is 14.1. The first-order valence-electron chi connectivity index (χ1n) is 7.65. The minimum atomic E-state index is -0.532. The van der Waals surface area contributed by atoms with Gasteiger partial charge in [0.05, 0.1) is 12.1 Å². The number of amides is 1. The first kappa shape index (κ1) is 13.6. The lowest BCUT2D eigenvalue weighted by molar-refractivity contribution is -0.126. The van der Waals surface area contributed by atoms with Crippen molar-refractivity contribution in [3.63, 3.8) is 0 Å². The molecule has 0 unspecified atom stereocenters. The van der Waals surface area contributed by atoms with Crippen molar-refractivity contribution >= 4 is 11.7 Å². The van der Waals surface area contributed by atoms with Gasteiger partial charge in [-0.25, -0.2) is 0 Å². The second kappa shape index (κ2) is 5.53. The van der Waals surface area contributed by atoms with Crippen LogP contribution in [0, 0.1) is 29.1 Å². The molecule has 0 aromatic rings. The van der Waals surface area contributed by atoms with Gasteiger partial charge in [0.25, 0.3) is 0 Å². The lowest BCUT2D eigenvalue weighted by Gasteiger charge is -2.32. The van der Waals surface area contributed by atoms with E-state index in [1.807, 2.05) is 0 Å². The third kappa shape index (κ3) is 2.45. The summed E-state index contributed by atoms with van der Waals surface area (Å²) in [6.07, 6.45) is 5.20. The smallest absolute Gasteiger partial charge is 0.238 e. The number of carbonyl (C=O) groups excluding carboxylic acids is 2. The molecule has 1 heterocycles. The van der Waals surface area contributed by atoms with Gasteiger partial charge in [-0.15, -0.1) is 0 Å². The molecule has 0 spiro atoms. The van der Waals surface area contributed by atoms with E-state index < -0.39 is 6.04 Å². The summed E-state index contributed by atoms with van der Waals surface area (Å²) in [6.45, 7) is 0.918. The Bertz CT molecular complexity index is 457. The van der Waals surface area contributed by atoms with Crippen LogP contribution in [0.15, 0.2) is 0 Å². The number of rotatable bonds is 4. The molecule has 2 N–H and O–H groups in total. The number of Topliss-reactive ketones (excluding diaryl/α,β-unsaturated/α-hetero) is 1. The summed E-state index contributed by atoms with van der Waals surface area (Å²) in [4.78, 5) is 23.9. The molecule has 3 fully saturated rings. The molecule has 2 saturated carbocycles. The van der Waals surface area contributed by atoms with Crippen molar-refractivity contribution in [2.24, 2.45) is 17.8 Å². The molecular weight excluding hydrogens is 254 g/mol. The van der Waals surface area contributed by atoms with E-state index in [2.05, 4.69) is 16.7 Å². The van der Waals surface area contributed by atoms with E-state index in [0.717, 1.165) is 25.8 Å². The van der Waals surface area contributed by atoms with E-state index in [9.17, 15) is 14.9 Å². The molecule has 1 aliphatic heterocycles. The standard InChI is InChI=1S/C15H21N3O2/c16-7-11(6-9-2-1-3-13(9)19)18-15(20)14-12-5-4-10(12)8-17-14/h9-12,14,17H,1-6,8H2,(H,18,20)/t9-,10-,11-,12-,14-/m0/s1. The Balaban J connectivity index is 1.53. The van der Waals surface area contributed by atoms with Crippen molar-refractivity contribution in [1.29, 1.82) is 5.26 Å². The van der Waals surface area contributed by atoms with Crippen molar-refractivity contribution in [1.82, 2.24) is 10.6 Å². The molecule has 0 aromatic heterocycles. The van der Waals surface area contributed by atoms with Gasteiger partial charge in [-0.3, -0.25) is 9.59 Å². The molecule has 20 heavy (non-hydrogen) atoms. The number of hydrogen-bond acceptors (Lipinski definition) is 4. The zero-order valence-corrected chi connectivity index (χ0v) is 11.6. The van der Waals surface area contributed by atoms with Gasteiger partial charge in [-0.1, -0.05) is 0 Å². The Labute approximate surface area is 119 Å². The van der Waals surface area contributed by atoms with Crippen molar-refractivity contribution in [3.8, 4) is 6.07 Å². The van der Waals surface area contributed by atoms with Gasteiger partial charge in [0.1, 0.15) is 11.8 Å². The van der Waals surface area contributed by atoms with Gasteiger partial charge in [-0.2, -0.15) is 5.26 Å². The summed E-state index contributed by atoms with van der Waals surface area (Å²) in [5.41, 5.74) is 0. The van der Waals surface area contributed by atoms with Gasteiger partial charge in [-0.05, 0) is 50.5 Å². The fraction of sp³-hybridized carbons (Fsp3) is 0.800. The summed E-state index contributed by atoms with van der Waals surface area (Å²) >= 11 is 0. The summed E-state index contributed by atoms with van der Waals surface area (Å²) in [7, 11) is 0. The summed E-state index contributed by atoms with van der Waals surface area (Å²) < 4.78 is 0. The number of fused-ring (bicyclic) bond motifs is 1. The molecule has 0 bridgehead atoms. The summed E-state index contributed by atoms with van der Waals surface area (Å²) in [6, 6.07) is 1.47. The number of hydrogen-bond donors (Lipinski definition) is 2. The highest BCUT2D eigenvalue weighted by Crippen LogP contribution is 2.40. The fourth-order valence-electron chi connectivity index (χ4n) is 3.83. The quantitative estimate of drug-likeness (QED) is 0.793. The van der Waals surface area contributed by atoms with E-state index >= 15 is 0 Å². The SMILES string of the molecule is N#C[C@H](C[C@@H]1CCCC1=O)NC(=O)[C@H]1NC[C@@H]2CC[C@@H]21. The van der Waals surface area contributed by atoms with Gasteiger partial charge in [0, 0.05) is 12.3 Å². The number of nitrogens with zero attached hydrogens (tertiary/aromatic N) is 1. The monoisotopic (exact) mass is 275 g/mol.